The number of hydrogen-bond donors (Lipinski definition) is 1. The minimum atomic E-state index is -0.224. The largest absolute Gasteiger partial charge is 0.484 e. The maximum absolute atomic E-state index is 12.4. The Labute approximate surface area is 156 Å². The van der Waals surface area contributed by atoms with Crippen LogP contribution in [0.3, 0.4) is 0 Å². The molecule has 1 unspecified atom stereocenters. The highest BCUT2D eigenvalue weighted by Gasteiger charge is 2.17. The third kappa shape index (κ3) is 4.84. The maximum Gasteiger partial charge on any atom is 0.258 e. The fourth-order valence-electron chi connectivity index (χ4n) is 2.44. The quantitative estimate of drug-likeness (QED) is 0.662. The number of carbonyl (C=O) groups is 1. The first-order chi connectivity index (χ1) is 12.1. The molecule has 3 rings (SSSR count). The highest BCUT2D eigenvalue weighted by molar-refractivity contribution is 7.08. The molecule has 0 saturated heterocycles. The molecule has 1 heterocycles. The predicted molar refractivity (Wildman–Crippen MR) is 102 cm³/mol. The van der Waals surface area contributed by atoms with Crippen LogP contribution < -0.4 is 10.1 Å². The lowest BCUT2D eigenvalue weighted by Gasteiger charge is -2.19. The second-order valence-corrected chi connectivity index (χ2v) is 6.93. The lowest BCUT2D eigenvalue weighted by molar-refractivity contribution is -0.123. The van der Waals surface area contributed by atoms with Crippen LogP contribution in [-0.2, 0) is 4.79 Å². The Morgan fingerprint density at radius 1 is 1.08 bits per heavy atom. The molecule has 0 aliphatic heterocycles. The molecule has 25 heavy (non-hydrogen) atoms. The second-order valence-electron chi connectivity index (χ2n) is 5.71. The van der Waals surface area contributed by atoms with Gasteiger partial charge in [-0.2, -0.15) is 11.3 Å². The van der Waals surface area contributed by atoms with Gasteiger partial charge in [-0.15, -0.1) is 0 Å². The van der Waals surface area contributed by atoms with Crippen molar-refractivity contribution in [2.75, 3.05) is 6.61 Å². The highest BCUT2D eigenvalue weighted by Crippen LogP contribution is 2.25. The van der Waals surface area contributed by atoms with Gasteiger partial charge in [0.2, 0.25) is 0 Å². The van der Waals surface area contributed by atoms with E-state index in [0.29, 0.717) is 10.8 Å². The number of thiophene rings is 1. The summed E-state index contributed by atoms with van der Waals surface area (Å²) in [6, 6.07) is 16.9. The maximum atomic E-state index is 12.4. The van der Waals surface area contributed by atoms with Gasteiger partial charge in [0.05, 0.1) is 6.04 Å². The molecular formula is C20H18ClNO2S. The van der Waals surface area contributed by atoms with Crippen LogP contribution in [0.2, 0.25) is 5.02 Å². The number of aryl methyl sites for hydroxylation is 1. The normalized spacial score (nSPS) is 11.8. The zero-order chi connectivity index (χ0) is 17.6. The molecule has 1 aromatic heterocycles. The van der Waals surface area contributed by atoms with Crippen LogP contribution in [0.5, 0.6) is 5.75 Å². The van der Waals surface area contributed by atoms with Crippen molar-refractivity contribution >= 4 is 28.8 Å². The number of carbonyl (C=O) groups excluding carboxylic acids is 1. The molecule has 2 aromatic carbocycles. The number of amides is 1. The van der Waals surface area contributed by atoms with Crippen molar-refractivity contribution in [1.82, 2.24) is 5.32 Å². The molecule has 0 aliphatic carbocycles. The Hall–Kier alpha value is -2.30. The molecule has 1 amide bonds. The van der Waals surface area contributed by atoms with Gasteiger partial charge in [0.1, 0.15) is 5.75 Å². The third-order valence-electron chi connectivity index (χ3n) is 3.78. The molecule has 1 atom stereocenters. The van der Waals surface area contributed by atoms with E-state index in [-0.39, 0.29) is 18.6 Å². The van der Waals surface area contributed by atoms with E-state index in [1.807, 2.05) is 72.3 Å². The van der Waals surface area contributed by atoms with Crippen LogP contribution in [-0.4, -0.2) is 12.5 Å². The fraction of sp³-hybridized carbons (Fsp3) is 0.150. The Morgan fingerprint density at radius 3 is 2.44 bits per heavy atom. The van der Waals surface area contributed by atoms with E-state index >= 15 is 0 Å². The van der Waals surface area contributed by atoms with Crippen molar-refractivity contribution < 1.29 is 9.53 Å². The Balaban J connectivity index is 1.68. The first-order valence-electron chi connectivity index (χ1n) is 7.88. The number of nitrogens with one attached hydrogen (secondary N) is 1. The summed E-state index contributed by atoms with van der Waals surface area (Å²) in [7, 11) is 0. The molecule has 0 bridgehead atoms. The number of hydrogen-bond acceptors (Lipinski definition) is 3. The first-order valence-corrected chi connectivity index (χ1v) is 9.20. The number of ether oxygens (including phenoxy) is 1. The monoisotopic (exact) mass is 371 g/mol. The van der Waals surface area contributed by atoms with Crippen LogP contribution in [0.1, 0.15) is 22.7 Å². The zero-order valence-corrected chi connectivity index (χ0v) is 15.3. The van der Waals surface area contributed by atoms with Crippen molar-refractivity contribution in [2.24, 2.45) is 0 Å². The van der Waals surface area contributed by atoms with Crippen molar-refractivity contribution in [3.05, 3.63) is 87.1 Å². The standard InChI is InChI=1S/C20H18ClNO2S/c1-14-2-8-18(9-3-14)24-12-19(23)22-20(16-10-11-25-13-16)15-4-6-17(21)7-5-15/h2-11,13,20H,12H2,1H3,(H,22,23). The molecule has 0 fully saturated rings. The van der Waals surface area contributed by atoms with E-state index in [9.17, 15) is 4.79 Å². The van der Waals surface area contributed by atoms with Crippen molar-refractivity contribution in [2.45, 2.75) is 13.0 Å². The molecule has 0 spiro atoms. The van der Waals surface area contributed by atoms with Gasteiger partial charge in [-0.3, -0.25) is 4.79 Å². The minimum Gasteiger partial charge on any atom is -0.484 e. The van der Waals surface area contributed by atoms with Crippen LogP contribution in [0.4, 0.5) is 0 Å². The molecule has 0 saturated carbocycles. The summed E-state index contributed by atoms with van der Waals surface area (Å²) in [5.74, 6) is 0.506. The summed E-state index contributed by atoms with van der Waals surface area (Å²) in [5.41, 5.74) is 3.17. The molecule has 128 valence electrons. The lowest BCUT2D eigenvalue weighted by atomic mass is 10.0. The molecule has 3 aromatic rings. The summed E-state index contributed by atoms with van der Waals surface area (Å²) in [4.78, 5) is 12.4. The first kappa shape index (κ1) is 17.5. The number of benzene rings is 2. The highest BCUT2D eigenvalue weighted by atomic mass is 35.5. The van der Waals surface area contributed by atoms with Gasteiger partial charge < -0.3 is 10.1 Å². The van der Waals surface area contributed by atoms with E-state index in [4.69, 9.17) is 16.3 Å². The van der Waals surface area contributed by atoms with Crippen molar-refractivity contribution in [3.63, 3.8) is 0 Å². The van der Waals surface area contributed by atoms with Gasteiger partial charge in [-0.25, -0.2) is 0 Å². The van der Waals surface area contributed by atoms with Crippen LogP contribution >= 0.6 is 22.9 Å². The van der Waals surface area contributed by atoms with E-state index in [1.165, 1.54) is 0 Å². The second kappa shape index (κ2) is 8.19. The number of halogens is 1. The molecular weight excluding hydrogens is 354 g/mol. The van der Waals surface area contributed by atoms with Gasteiger partial charge in [0.15, 0.2) is 6.61 Å². The van der Waals surface area contributed by atoms with Gasteiger partial charge >= 0.3 is 0 Å². The van der Waals surface area contributed by atoms with Crippen LogP contribution in [0.25, 0.3) is 0 Å². The SMILES string of the molecule is Cc1ccc(OCC(=O)NC(c2ccc(Cl)cc2)c2ccsc2)cc1. The number of rotatable bonds is 6. The Kier molecular flexibility index (Phi) is 5.74. The van der Waals surface area contributed by atoms with Crippen molar-refractivity contribution in [3.8, 4) is 5.75 Å². The Morgan fingerprint density at radius 2 is 1.80 bits per heavy atom. The van der Waals surface area contributed by atoms with Crippen LogP contribution in [0, 0.1) is 6.92 Å². The fourth-order valence-corrected chi connectivity index (χ4v) is 3.25. The molecule has 0 radical (unpaired) electrons. The van der Waals surface area contributed by atoms with Gasteiger partial charge in [-0.05, 0) is 59.1 Å². The summed E-state index contributed by atoms with van der Waals surface area (Å²) in [6.07, 6.45) is 0. The zero-order valence-electron chi connectivity index (χ0n) is 13.7. The average molecular weight is 372 g/mol. The third-order valence-corrected chi connectivity index (χ3v) is 4.73. The summed E-state index contributed by atoms with van der Waals surface area (Å²) < 4.78 is 5.57. The predicted octanol–water partition coefficient (Wildman–Crippen LogP) is 4.99. The Bertz CT molecular complexity index is 814. The van der Waals surface area contributed by atoms with E-state index in [0.717, 1.165) is 16.7 Å². The minimum absolute atomic E-state index is 0.0305. The van der Waals surface area contributed by atoms with Crippen molar-refractivity contribution in [1.29, 1.82) is 0 Å². The molecule has 1 N–H and O–H groups in total. The van der Waals surface area contributed by atoms with E-state index in [2.05, 4.69) is 5.32 Å². The molecule has 3 nitrogen and oxygen atoms in total. The lowest BCUT2D eigenvalue weighted by Crippen LogP contribution is -2.33. The smallest absolute Gasteiger partial charge is 0.258 e. The van der Waals surface area contributed by atoms with E-state index < -0.39 is 0 Å². The summed E-state index contributed by atoms with van der Waals surface area (Å²) >= 11 is 7.57. The topological polar surface area (TPSA) is 38.3 Å². The van der Waals surface area contributed by atoms with Gasteiger partial charge in [0, 0.05) is 5.02 Å². The average Bonchev–Trinajstić information content (AvgIpc) is 3.14. The van der Waals surface area contributed by atoms with Crippen LogP contribution in [0.15, 0.2) is 65.4 Å². The molecule has 5 heteroatoms. The summed E-state index contributed by atoms with van der Waals surface area (Å²) in [6.45, 7) is 1.98. The van der Waals surface area contributed by atoms with Gasteiger partial charge in [0.25, 0.3) is 5.91 Å². The summed E-state index contributed by atoms with van der Waals surface area (Å²) in [5, 5.41) is 7.73. The van der Waals surface area contributed by atoms with Gasteiger partial charge in [-0.1, -0.05) is 41.4 Å². The van der Waals surface area contributed by atoms with E-state index in [1.54, 1.807) is 11.3 Å². The molecule has 0 aliphatic rings.